The van der Waals surface area contributed by atoms with E-state index in [-0.39, 0.29) is 11.7 Å². The summed E-state index contributed by atoms with van der Waals surface area (Å²) in [6, 6.07) is 12.2. The van der Waals surface area contributed by atoms with Gasteiger partial charge in [0.25, 0.3) is 0 Å². The van der Waals surface area contributed by atoms with E-state index >= 15 is 0 Å². The van der Waals surface area contributed by atoms with Gasteiger partial charge in [0.15, 0.2) is 0 Å². The van der Waals surface area contributed by atoms with Crippen LogP contribution in [0.15, 0.2) is 67.1 Å². The van der Waals surface area contributed by atoms with Gasteiger partial charge in [0.05, 0.1) is 12.8 Å². The summed E-state index contributed by atoms with van der Waals surface area (Å²) in [6.45, 7) is 4.89. The SMILES string of the molecule is C=C1CCn2nc(Nc3ccc(-n4cnc(Cl)c4)c(OC)c3)nc2C(c2ccc(F)cc2)C1. The van der Waals surface area contributed by atoms with Gasteiger partial charge in [-0.05, 0) is 42.7 Å². The van der Waals surface area contributed by atoms with Crippen LogP contribution in [-0.4, -0.2) is 31.4 Å². The van der Waals surface area contributed by atoms with Crippen LogP contribution >= 0.6 is 11.6 Å². The molecule has 0 spiro atoms. The Morgan fingerprint density at radius 3 is 2.76 bits per heavy atom. The number of ether oxygens (including phenoxy) is 1. The first kappa shape index (κ1) is 21.2. The lowest BCUT2D eigenvalue weighted by atomic mass is 9.92. The Balaban J connectivity index is 1.45. The molecule has 0 saturated carbocycles. The van der Waals surface area contributed by atoms with Gasteiger partial charge in [-0.3, -0.25) is 0 Å². The van der Waals surface area contributed by atoms with Crippen LogP contribution in [0.4, 0.5) is 16.0 Å². The van der Waals surface area contributed by atoms with Crippen molar-refractivity contribution in [3.63, 3.8) is 0 Å². The van der Waals surface area contributed by atoms with E-state index in [4.69, 9.17) is 21.3 Å². The van der Waals surface area contributed by atoms with Crippen LogP contribution in [0.2, 0.25) is 5.15 Å². The lowest BCUT2D eigenvalue weighted by molar-refractivity contribution is 0.413. The predicted molar refractivity (Wildman–Crippen MR) is 125 cm³/mol. The molecular formula is C24H22ClFN6O. The molecule has 1 aliphatic rings. The number of aryl methyl sites for hydroxylation is 1. The molecule has 1 N–H and O–H groups in total. The highest BCUT2D eigenvalue weighted by Crippen LogP contribution is 2.35. The quantitative estimate of drug-likeness (QED) is 0.395. The Labute approximate surface area is 195 Å². The molecule has 33 heavy (non-hydrogen) atoms. The number of hydrogen-bond donors (Lipinski definition) is 1. The van der Waals surface area contributed by atoms with E-state index < -0.39 is 0 Å². The van der Waals surface area contributed by atoms with Crippen molar-refractivity contribution in [3.05, 3.63) is 89.5 Å². The van der Waals surface area contributed by atoms with E-state index in [1.807, 2.05) is 22.9 Å². The molecule has 0 bridgehead atoms. The molecule has 0 fully saturated rings. The number of nitrogens with one attached hydrogen (secondary N) is 1. The summed E-state index contributed by atoms with van der Waals surface area (Å²) < 4.78 is 22.7. The van der Waals surface area contributed by atoms with Crippen molar-refractivity contribution >= 4 is 23.2 Å². The van der Waals surface area contributed by atoms with Crippen LogP contribution < -0.4 is 10.1 Å². The maximum atomic E-state index is 13.5. The normalized spacial score (nSPS) is 15.7. The van der Waals surface area contributed by atoms with Crippen LogP contribution in [0.1, 0.15) is 30.1 Å². The van der Waals surface area contributed by atoms with Gasteiger partial charge >= 0.3 is 0 Å². The molecule has 4 aromatic rings. The molecule has 9 heteroatoms. The van der Waals surface area contributed by atoms with Crippen molar-refractivity contribution < 1.29 is 9.13 Å². The molecule has 1 atom stereocenters. The molecule has 5 rings (SSSR count). The highest BCUT2D eigenvalue weighted by Gasteiger charge is 2.26. The number of halogens is 2. The van der Waals surface area contributed by atoms with Gasteiger partial charge in [0.1, 0.15) is 28.9 Å². The monoisotopic (exact) mass is 464 g/mol. The van der Waals surface area contributed by atoms with Gasteiger partial charge in [0.2, 0.25) is 5.95 Å². The van der Waals surface area contributed by atoms with E-state index in [2.05, 4.69) is 22.0 Å². The van der Waals surface area contributed by atoms with Crippen LogP contribution in [0.5, 0.6) is 5.75 Å². The minimum atomic E-state index is -0.259. The average Bonchev–Trinajstić information content (AvgIpc) is 3.39. The van der Waals surface area contributed by atoms with Crippen molar-refractivity contribution in [2.75, 3.05) is 12.4 Å². The number of methoxy groups -OCH3 is 1. The number of anilines is 2. The molecule has 3 heterocycles. The van der Waals surface area contributed by atoms with Crippen molar-refractivity contribution in [3.8, 4) is 11.4 Å². The lowest BCUT2D eigenvalue weighted by Gasteiger charge is -2.14. The number of aromatic nitrogens is 5. The maximum absolute atomic E-state index is 13.5. The van der Waals surface area contributed by atoms with Gasteiger partial charge in [-0.2, -0.15) is 4.98 Å². The Morgan fingerprint density at radius 1 is 1.21 bits per heavy atom. The van der Waals surface area contributed by atoms with E-state index in [1.54, 1.807) is 36.3 Å². The molecule has 168 valence electrons. The van der Waals surface area contributed by atoms with Gasteiger partial charge in [0, 0.05) is 30.4 Å². The molecular weight excluding hydrogens is 443 g/mol. The van der Waals surface area contributed by atoms with Crippen LogP contribution in [0.3, 0.4) is 0 Å². The zero-order chi connectivity index (χ0) is 22.9. The zero-order valence-electron chi connectivity index (χ0n) is 18.0. The average molecular weight is 465 g/mol. The largest absolute Gasteiger partial charge is 0.494 e. The second kappa shape index (κ2) is 8.71. The lowest BCUT2D eigenvalue weighted by Crippen LogP contribution is -2.08. The fourth-order valence-electron chi connectivity index (χ4n) is 4.07. The topological polar surface area (TPSA) is 69.8 Å². The van der Waals surface area contributed by atoms with Gasteiger partial charge in [-0.1, -0.05) is 35.9 Å². The van der Waals surface area contributed by atoms with Crippen LogP contribution in [0.25, 0.3) is 5.69 Å². The summed E-state index contributed by atoms with van der Waals surface area (Å²) in [6.07, 6.45) is 4.91. The minimum absolute atomic E-state index is 0.0356. The highest BCUT2D eigenvalue weighted by atomic mass is 35.5. The van der Waals surface area contributed by atoms with Gasteiger partial charge in [-0.25, -0.2) is 14.1 Å². The molecule has 7 nitrogen and oxygen atoms in total. The third kappa shape index (κ3) is 4.34. The number of benzene rings is 2. The van der Waals surface area contributed by atoms with Crippen molar-refractivity contribution in [1.82, 2.24) is 24.3 Å². The number of rotatable bonds is 5. The maximum Gasteiger partial charge on any atom is 0.246 e. The first-order valence-corrected chi connectivity index (χ1v) is 10.9. The molecule has 1 unspecified atom stereocenters. The third-order valence-electron chi connectivity index (χ3n) is 5.72. The van der Waals surface area contributed by atoms with E-state index in [1.165, 1.54) is 12.1 Å². The molecule has 2 aromatic heterocycles. The molecule has 0 aliphatic carbocycles. The van der Waals surface area contributed by atoms with E-state index in [0.29, 0.717) is 23.4 Å². The standard InChI is InChI=1S/C24H22ClFN6O/c1-15-9-10-32-23(19(11-15)16-3-5-17(26)6-4-16)29-24(30-32)28-18-7-8-20(21(12-18)33-2)31-13-22(25)27-14-31/h3-8,12-14,19H,1,9-11H2,2H3,(H,28,30). The molecule has 0 amide bonds. The summed E-state index contributed by atoms with van der Waals surface area (Å²) in [5.41, 5.74) is 3.71. The van der Waals surface area contributed by atoms with E-state index in [9.17, 15) is 4.39 Å². The minimum Gasteiger partial charge on any atom is -0.494 e. The fraction of sp³-hybridized carbons (Fsp3) is 0.208. The zero-order valence-corrected chi connectivity index (χ0v) is 18.8. The number of allylic oxidation sites excluding steroid dienone is 1. The fourth-order valence-corrected chi connectivity index (χ4v) is 4.21. The van der Waals surface area contributed by atoms with Crippen molar-refractivity contribution in [2.45, 2.75) is 25.3 Å². The van der Waals surface area contributed by atoms with Crippen LogP contribution in [0, 0.1) is 5.82 Å². The Hall–Kier alpha value is -3.65. The van der Waals surface area contributed by atoms with Crippen molar-refractivity contribution in [2.24, 2.45) is 0 Å². The summed E-state index contributed by atoms with van der Waals surface area (Å²) in [7, 11) is 1.61. The molecule has 0 saturated heterocycles. The number of hydrogen-bond acceptors (Lipinski definition) is 5. The Morgan fingerprint density at radius 2 is 2.03 bits per heavy atom. The first-order chi connectivity index (χ1) is 16.0. The summed E-state index contributed by atoms with van der Waals surface area (Å²) >= 11 is 5.95. The summed E-state index contributed by atoms with van der Waals surface area (Å²) in [5.74, 6) is 1.68. The number of nitrogens with zero attached hydrogens (tertiary/aromatic N) is 5. The number of imidazole rings is 1. The third-order valence-corrected chi connectivity index (χ3v) is 5.91. The second-order valence-corrected chi connectivity index (χ2v) is 8.33. The molecule has 0 radical (unpaired) electrons. The van der Waals surface area contributed by atoms with E-state index in [0.717, 1.165) is 41.2 Å². The first-order valence-electron chi connectivity index (χ1n) is 10.5. The molecule has 1 aliphatic heterocycles. The highest BCUT2D eigenvalue weighted by molar-refractivity contribution is 6.29. The summed E-state index contributed by atoms with van der Waals surface area (Å²) in [5, 5.41) is 8.36. The second-order valence-electron chi connectivity index (χ2n) is 7.94. The Kier molecular flexibility index (Phi) is 5.60. The number of fused-ring (bicyclic) bond motifs is 1. The predicted octanol–water partition coefficient (Wildman–Crippen LogP) is 5.49. The Bertz CT molecular complexity index is 1310. The van der Waals surface area contributed by atoms with Gasteiger partial charge in [-0.15, -0.1) is 5.10 Å². The van der Waals surface area contributed by atoms with Crippen LogP contribution in [-0.2, 0) is 6.54 Å². The summed E-state index contributed by atoms with van der Waals surface area (Å²) in [4.78, 5) is 8.85. The molecule has 2 aromatic carbocycles. The smallest absolute Gasteiger partial charge is 0.246 e. The van der Waals surface area contributed by atoms with Crippen molar-refractivity contribution in [1.29, 1.82) is 0 Å². The van der Waals surface area contributed by atoms with Gasteiger partial charge < -0.3 is 14.6 Å².